The minimum Gasteiger partial charge on any atom is -0.295 e. The number of H-pyrrole nitrogens is 1. The number of aromatic nitrogens is 7. The first kappa shape index (κ1) is 25.1. The topological polar surface area (TPSA) is 94.3 Å². The average molecular weight is 500 g/mol. The minimum absolute atomic E-state index is 0.115. The Balaban J connectivity index is 1.45. The van der Waals surface area contributed by atoms with E-state index in [0.717, 1.165) is 60.2 Å². The Morgan fingerprint density at radius 3 is 2.38 bits per heavy atom. The van der Waals surface area contributed by atoms with Crippen LogP contribution in [0.4, 0.5) is 0 Å². The lowest BCUT2D eigenvalue weighted by atomic mass is 9.93. The van der Waals surface area contributed by atoms with Gasteiger partial charge in [0.1, 0.15) is 0 Å². The lowest BCUT2D eigenvalue weighted by molar-refractivity contribution is 0.288. The van der Waals surface area contributed by atoms with E-state index in [9.17, 15) is 4.79 Å². The molecule has 37 heavy (non-hydrogen) atoms. The van der Waals surface area contributed by atoms with Gasteiger partial charge in [-0.15, -0.1) is 5.10 Å². The van der Waals surface area contributed by atoms with Gasteiger partial charge in [-0.3, -0.25) is 14.1 Å². The van der Waals surface area contributed by atoms with Crippen molar-refractivity contribution in [3.05, 3.63) is 70.7 Å². The third-order valence-electron chi connectivity index (χ3n) is 8.10. The zero-order chi connectivity index (χ0) is 25.8. The first-order valence-corrected chi connectivity index (χ1v) is 13.7. The van der Waals surface area contributed by atoms with Crippen molar-refractivity contribution < 1.29 is 0 Å². The molecule has 1 aromatic carbocycles. The first-order valence-electron chi connectivity index (χ1n) is 13.7. The monoisotopic (exact) mass is 499 g/mol. The van der Waals surface area contributed by atoms with E-state index >= 15 is 0 Å². The Labute approximate surface area is 218 Å². The van der Waals surface area contributed by atoms with Crippen LogP contribution in [-0.2, 0) is 13.0 Å². The molecule has 0 amide bonds. The van der Waals surface area contributed by atoms with Crippen molar-refractivity contribution in [3.8, 4) is 22.5 Å². The number of nitrogens with zero attached hydrogens (tertiary/aromatic N) is 6. The number of benzene rings is 1. The molecular formula is C29H37N7O. The van der Waals surface area contributed by atoms with Gasteiger partial charge in [-0.1, -0.05) is 70.4 Å². The molecule has 0 spiro atoms. The lowest BCUT2D eigenvalue weighted by Crippen LogP contribution is -2.32. The maximum Gasteiger partial charge on any atom is 0.328 e. The fraction of sp³-hybridized carbons (Fsp3) is 0.483. The number of tetrazole rings is 1. The van der Waals surface area contributed by atoms with Gasteiger partial charge in [-0.05, 0) is 59.6 Å². The molecule has 3 aromatic heterocycles. The number of hydrogen-bond donors (Lipinski definition) is 1. The van der Waals surface area contributed by atoms with Gasteiger partial charge in [0.2, 0.25) is 0 Å². The Hall–Kier alpha value is -3.55. The van der Waals surface area contributed by atoms with Crippen LogP contribution in [-0.4, -0.2) is 34.7 Å². The van der Waals surface area contributed by atoms with Gasteiger partial charge < -0.3 is 0 Å². The van der Waals surface area contributed by atoms with E-state index in [0.29, 0.717) is 30.2 Å². The van der Waals surface area contributed by atoms with Gasteiger partial charge >= 0.3 is 5.69 Å². The standard InChI is InChI=1S/C29H37N7O/c1-4-7-10-24-19-36(27-20(5-2)13-14-21(27)6-3)29(37)35(24)18-23-16-15-22(17-30-23)25-11-8-9-12-26(25)28-31-33-34-32-28/h8-9,11-12,15-17,19-21,27H,4-7,10,13-14,18H2,1-3H3,(H,31,32,33,34). The third-order valence-corrected chi connectivity index (χ3v) is 8.10. The highest BCUT2D eigenvalue weighted by molar-refractivity contribution is 5.79. The van der Waals surface area contributed by atoms with E-state index in [4.69, 9.17) is 4.98 Å². The summed E-state index contributed by atoms with van der Waals surface area (Å²) in [5.74, 6) is 1.78. The Morgan fingerprint density at radius 2 is 1.76 bits per heavy atom. The summed E-state index contributed by atoms with van der Waals surface area (Å²) in [7, 11) is 0. The van der Waals surface area contributed by atoms with Crippen LogP contribution in [0.3, 0.4) is 0 Å². The molecule has 1 saturated carbocycles. The van der Waals surface area contributed by atoms with Crippen LogP contribution in [0.15, 0.2) is 53.6 Å². The summed E-state index contributed by atoms with van der Waals surface area (Å²) in [6.45, 7) is 7.21. The van der Waals surface area contributed by atoms with Crippen molar-refractivity contribution >= 4 is 0 Å². The molecule has 0 aliphatic heterocycles. The molecule has 4 aromatic rings. The Bertz CT molecular complexity index is 1340. The Kier molecular flexibility index (Phi) is 7.63. The summed E-state index contributed by atoms with van der Waals surface area (Å²) in [6, 6.07) is 12.4. The van der Waals surface area contributed by atoms with Crippen molar-refractivity contribution in [1.29, 1.82) is 0 Å². The summed E-state index contributed by atoms with van der Waals surface area (Å²) in [5, 5.41) is 14.3. The van der Waals surface area contributed by atoms with Crippen LogP contribution in [0, 0.1) is 11.8 Å². The smallest absolute Gasteiger partial charge is 0.295 e. The van der Waals surface area contributed by atoms with Crippen molar-refractivity contribution in [2.45, 2.75) is 78.3 Å². The summed E-state index contributed by atoms with van der Waals surface area (Å²) < 4.78 is 4.04. The van der Waals surface area contributed by atoms with E-state index < -0.39 is 0 Å². The van der Waals surface area contributed by atoms with Crippen molar-refractivity contribution in [3.63, 3.8) is 0 Å². The molecule has 5 rings (SSSR count). The fourth-order valence-electron chi connectivity index (χ4n) is 6.04. The maximum absolute atomic E-state index is 13.8. The molecule has 1 aliphatic carbocycles. The molecule has 2 unspecified atom stereocenters. The largest absolute Gasteiger partial charge is 0.328 e. The molecule has 8 heteroatoms. The number of pyridine rings is 1. The second-order valence-electron chi connectivity index (χ2n) is 10.2. The highest BCUT2D eigenvalue weighted by atomic mass is 16.1. The molecular weight excluding hydrogens is 462 g/mol. The third kappa shape index (κ3) is 5.02. The summed E-state index contributed by atoms with van der Waals surface area (Å²) in [4.78, 5) is 18.6. The molecule has 0 bridgehead atoms. The van der Waals surface area contributed by atoms with Gasteiger partial charge in [0.25, 0.3) is 0 Å². The molecule has 2 atom stereocenters. The minimum atomic E-state index is 0.115. The lowest BCUT2D eigenvalue weighted by Gasteiger charge is -2.24. The predicted octanol–water partition coefficient (Wildman–Crippen LogP) is 5.67. The van der Waals surface area contributed by atoms with E-state index in [2.05, 4.69) is 58.2 Å². The van der Waals surface area contributed by atoms with Crippen LogP contribution in [0.5, 0.6) is 0 Å². The number of aryl methyl sites for hydroxylation is 1. The van der Waals surface area contributed by atoms with E-state index in [-0.39, 0.29) is 5.69 Å². The molecule has 0 saturated heterocycles. The van der Waals surface area contributed by atoms with Crippen molar-refractivity contribution in [1.82, 2.24) is 34.7 Å². The fourth-order valence-corrected chi connectivity index (χ4v) is 6.04. The highest BCUT2D eigenvalue weighted by Gasteiger charge is 2.36. The SMILES string of the molecule is CCCCc1cn(C2C(CC)CCC2CC)c(=O)n1Cc1ccc(-c2ccccc2-c2nnn[nH]2)cn1. The summed E-state index contributed by atoms with van der Waals surface area (Å²) >= 11 is 0. The maximum atomic E-state index is 13.8. The summed E-state index contributed by atoms with van der Waals surface area (Å²) in [6.07, 6.45) is 11.8. The second kappa shape index (κ2) is 11.2. The Morgan fingerprint density at radius 1 is 1.00 bits per heavy atom. The van der Waals surface area contributed by atoms with Crippen LogP contribution < -0.4 is 5.69 Å². The molecule has 1 aliphatic rings. The number of nitrogens with one attached hydrogen (secondary N) is 1. The van der Waals surface area contributed by atoms with Crippen LogP contribution >= 0.6 is 0 Å². The average Bonchev–Trinajstić information content (AvgIpc) is 3.68. The van der Waals surface area contributed by atoms with E-state index in [1.165, 1.54) is 12.8 Å². The molecule has 0 radical (unpaired) electrons. The molecule has 1 fully saturated rings. The number of aromatic amines is 1. The number of imidazole rings is 1. The van der Waals surface area contributed by atoms with Gasteiger partial charge in [0.15, 0.2) is 5.82 Å². The molecule has 3 heterocycles. The second-order valence-corrected chi connectivity index (χ2v) is 10.2. The number of unbranched alkanes of at least 4 members (excludes halogenated alkanes) is 1. The van der Waals surface area contributed by atoms with Crippen LogP contribution in [0.25, 0.3) is 22.5 Å². The van der Waals surface area contributed by atoms with Gasteiger partial charge in [0, 0.05) is 35.3 Å². The molecule has 194 valence electrons. The van der Waals surface area contributed by atoms with Gasteiger partial charge in [-0.2, -0.15) is 0 Å². The van der Waals surface area contributed by atoms with E-state index in [1.807, 2.05) is 41.1 Å². The van der Waals surface area contributed by atoms with Gasteiger partial charge in [0.05, 0.1) is 12.2 Å². The summed E-state index contributed by atoms with van der Waals surface area (Å²) in [5.41, 5.74) is 5.02. The van der Waals surface area contributed by atoms with Crippen LogP contribution in [0.2, 0.25) is 0 Å². The van der Waals surface area contributed by atoms with E-state index in [1.54, 1.807) is 0 Å². The van der Waals surface area contributed by atoms with Gasteiger partial charge in [-0.25, -0.2) is 9.89 Å². The number of rotatable bonds is 10. The van der Waals surface area contributed by atoms with Crippen molar-refractivity contribution in [2.75, 3.05) is 0 Å². The molecule has 8 nitrogen and oxygen atoms in total. The highest BCUT2D eigenvalue weighted by Crippen LogP contribution is 2.43. The first-order chi connectivity index (χ1) is 18.1. The number of hydrogen-bond acceptors (Lipinski definition) is 5. The zero-order valence-corrected chi connectivity index (χ0v) is 22.1. The zero-order valence-electron chi connectivity index (χ0n) is 22.1. The van der Waals surface area contributed by atoms with Crippen molar-refractivity contribution in [2.24, 2.45) is 11.8 Å². The molecule has 1 N–H and O–H groups in total. The predicted molar refractivity (Wildman–Crippen MR) is 145 cm³/mol. The van der Waals surface area contributed by atoms with Crippen LogP contribution in [0.1, 0.15) is 76.7 Å². The normalized spacial score (nSPS) is 19.5. The quantitative estimate of drug-likeness (QED) is 0.303.